The molecule has 68 valence electrons. The van der Waals surface area contributed by atoms with Gasteiger partial charge in [-0.1, -0.05) is 30.3 Å². The van der Waals surface area contributed by atoms with Crippen LogP contribution in [0, 0.1) is 0 Å². The average molecular weight is 216 g/mol. The Bertz CT molecular complexity index is 319. The van der Waals surface area contributed by atoms with Crippen LogP contribution in [0.2, 0.25) is 0 Å². The van der Waals surface area contributed by atoms with Gasteiger partial charge in [-0.15, -0.1) is 0 Å². The van der Waals surface area contributed by atoms with E-state index in [2.05, 4.69) is 0 Å². The maximum atomic E-state index is 10.4. The van der Waals surface area contributed by atoms with E-state index in [0.29, 0.717) is 6.26 Å². The molecule has 0 saturated heterocycles. The minimum absolute atomic E-state index is 0. The van der Waals surface area contributed by atoms with E-state index < -0.39 is 5.97 Å². The first-order chi connectivity index (χ1) is 6.24. The SMILES string of the molecule is O=C([O-])C(=CO)Cc1ccccc1.[K+]. The van der Waals surface area contributed by atoms with Crippen molar-refractivity contribution in [3.8, 4) is 0 Å². The summed E-state index contributed by atoms with van der Waals surface area (Å²) in [6, 6.07) is 9.02. The molecule has 3 nitrogen and oxygen atoms in total. The number of aliphatic carboxylic acids is 1. The van der Waals surface area contributed by atoms with Crippen molar-refractivity contribution in [1.29, 1.82) is 0 Å². The summed E-state index contributed by atoms with van der Waals surface area (Å²) in [5.74, 6) is -1.34. The molecule has 0 amide bonds. The molecule has 0 fully saturated rings. The fraction of sp³-hybridized carbons (Fsp3) is 0.100. The maximum absolute atomic E-state index is 10.4. The third-order valence-corrected chi connectivity index (χ3v) is 1.66. The first-order valence-electron chi connectivity index (χ1n) is 3.82. The number of hydrogen-bond donors (Lipinski definition) is 1. The molecule has 0 atom stereocenters. The van der Waals surface area contributed by atoms with Crippen molar-refractivity contribution >= 4 is 5.97 Å². The molecule has 4 heteroatoms. The number of carbonyl (C=O) groups excluding carboxylic acids is 1. The van der Waals surface area contributed by atoms with Crippen LogP contribution in [-0.2, 0) is 11.2 Å². The zero-order valence-electron chi connectivity index (χ0n) is 7.93. The second kappa shape index (κ2) is 7.20. The van der Waals surface area contributed by atoms with Crippen LogP contribution in [0.25, 0.3) is 0 Å². The molecule has 0 aliphatic rings. The molecule has 0 radical (unpaired) electrons. The van der Waals surface area contributed by atoms with Crippen LogP contribution in [0.5, 0.6) is 0 Å². The molecule has 1 aromatic rings. The standard InChI is InChI=1S/C10H10O3.K/c11-7-9(10(12)13)6-8-4-2-1-3-5-8;/h1-5,7,11H,6H2,(H,12,13);/q;+1/p-1. The minimum Gasteiger partial charge on any atom is -0.545 e. The van der Waals surface area contributed by atoms with E-state index in [1.54, 1.807) is 24.3 Å². The van der Waals surface area contributed by atoms with Gasteiger partial charge in [0.2, 0.25) is 0 Å². The number of benzene rings is 1. The molecule has 0 bridgehead atoms. The molecule has 0 aromatic heterocycles. The fourth-order valence-corrected chi connectivity index (χ4v) is 0.986. The Kier molecular flexibility index (Phi) is 7.13. The minimum atomic E-state index is -1.34. The summed E-state index contributed by atoms with van der Waals surface area (Å²) in [6.07, 6.45) is 0.752. The van der Waals surface area contributed by atoms with Crippen LogP contribution in [0.4, 0.5) is 0 Å². The average Bonchev–Trinajstić information content (AvgIpc) is 2.15. The van der Waals surface area contributed by atoms with E-state index >= 15 is 0 Å². The van der Waals surface area contributed by atoms with Crippen molar-refractivity contribution in [2.75, 3.05) is 0 Å². The molecule has 1 aromatic carbocycles. The topological polar surface area (TPSA) is 60.4 Å². The largest absolute Gasteiger partial charge is 1.00 e. The number of carbonyl (C=O) groups is 1. The van der Waals surface area contributed by atoms with Crippen LogP contribution in [0.3, 0.4) is 0 Å². The van der Waals surface area contributed by atoms with E-state index in [-0.39, 0.29) is 63.4 Å². The monoisotopic (exact) mass is 216 g/mol. The summed E-state index contributed by atoms with van der Waals surface area (Å²) < 4.78 is 0. The van der Waals surface area contributed by atoms with Crippen molar-refractivity contribution < 1.29 is 66.4 Å². The van der Waals surface area contributed by atoms with Crippen molar-refractivity contribution in [1.82, 2.24) is 0 Å². The van der Waals surface area contributed by atoms with Crippen molar-refractivity contribution in [3.05, 3.63) is 47.7 Å². The van der Waals surface area contributed by atoms with Gasteiger partial charge in [0.1, 0.15) is 0 Å². The summed E-state index contributed by atoms with van der Waals surface area (Å²) in [7, 11) is 0. The number of carboxylic acid groups (broad SMARTS) is 1. The van der Waals surface area contributed by atoms with Crippen molar-refractivity contribution in [3.63, 3.8) is 0 Å². The zero-order valence-corrected chi connectivity index (χ0v) is 11.1. The van der Waals surface area contributed by atoms with Gasteiger partial charge < -0.3 is 15.0 Å². The second-order valence-electron chi connectivity index (χ2n) is 2.60. The van der Waals surface area contributed by atoms with Crippen LogP contribution in [-0.4, -0.2) is 11.1 Å². The smallest absolute Gasteiger partial charge is 0.545 e. The molecule has 1 rings (SSSR count). The van der Waals surface area contributed by atoms with Gasteiger partial charge >= 0.3 is 51.4 Å². The molecule has 14 heavy (non-hydrogen) atoms. The van der Waals surface area contributed by atoms with Gasteiger partial charge in [0.25, 0.3) is 0 Å². The van der Waals surface area contributed by atoms with E-state index in [9.17, 15) is 9.90 Å². The predicted octanol–water partition coefficient (Wildman–Crippen LogP) is -2.58. The van der Waals surface area contributed by atoms with Gasteiger partial charge in [-0.25, -0.2) is 0 Å². The fourth-order valence-electron chi connectivity index (χ4n) is 0.986. The molecular formula is C10H9KO3. The van der Waals surface area contributed by atoms with Gasteiger partial charge in [-0.05, 0) is 5.56 Å². The first-order valence-corrected chi connectivity index (χ1v) is 3.82. The normalized spacial score (nSPS) is 10.4. The second-order valence-corrected chi connectivity index (χ2v) is 2.60. The van der Waals surface area contributed by atoms with Gasteiger partial charge in [-0.2, -0.15) is 0 Å². The number of aliphatic hydroxyl groups is 1. The summed E-state index contributed by atoms with van der Waals surface area (Å²) in [4.78, 5) is 10.4. The quantitative estimate of drug-likeness (QED) is 0.343. The molecule has 0 aliphatic heterocycles. The van der Waals surface area contributed by atoms with Crippen LogP contribution < -0.4 is 56.5 Å². The van der Waals surface area contributed by atoms with Crippen molar-refractivity contribution in [2.24, 2.45) is 0 Å². The van der Waals surface area contributed by atoms with Gasteiger partial charge in [-0.3, -0.25) is 0 Å². The Hall–Kier alpha value is -0.134. The first kappa shape index (κ1) is 13.9. The maximum Gasteiger partial charge on any atom is 1.00 e. The van der Waals surface area contributed by atoms with E-state index in [1.807, 2.05) is 6.07 Å². The Morgan fingerprint density at radius 3 is 2.36 bits per heavy atom. The molecule has 0 heterocycles. The molecule has 0 unspecified atom stereocenters. The molecular weight excluding hydrogens is 207 g/mol. The molecule has 0 saturated carbocycles. The van der Waals surface area contributed by atoms with Crippen molar-refractivity contribution in [2.45, 2.75) is 6.42 Å². The molecule has 1 N–H and O–H groups in total. The Morgan fingerprint density at radius 1 is 1.36 bits per heavy atom. The number of aliphatic hydroxyl groups excluding tert-OH is 1. The molecule has 0 spiro atoms. The molecule has 0 aliphatic carbocycles. The number of rotatable bonds is 3. The van der Waals surface area contributed by atoms with Crippen LogP contribution in [0.15, 0.2) is 42.2 Å². The Morgan fingerprint density at radius 2 is 1.93 bits per heavy atom. The number of hydrogen-bond acceptors (Lipinski definition) is 3. The van der Waals surface area contributed by atoms with E-state index in [0.717, 1.165) is 5.56 Å². The predicted molar refractivity (Wildman–Crippen MR) is 45.9 cm³/mol. The van der Waals surface area contributed by atoms with Gasteiger partial charge in [0, 0.05) is 12.0 Å². The Labute approximate surface area is 125 Å². The van der Waals surface area contributed by atoms with Crippen LogP contribution >= 0.6 is 0 Å². The van der Waals surface area contributed by atoms with E-state index in [1.165, 1.54) is 0 Å². The summed E-state index contributed by atoms with van der Waals surface area (Å²) >= 11 is 0. The zero-order chi connectivity index (χ0) is 9.68. The summed E-state index contributed by atoms with van der Waals surface area (Å²) in [5.41, 5.74) is 0.707. The third-order valence-electron chi connectivity index (χ3n) is 1.66. The van der Waals surface area contributed by atoms with Gasteiger partial charge in [0.15, 0.2) is 0 Å². The third kappa shape index (κ3) is 4.39. The Balaban J connectivity index is 0.00000169. The summed E-state index contributed by atoms with van der Waals surface area (Å²) in [5, 5.41) is 19.0. The summed E-state index contributed by atoms with van der Waals surface area (Å²) in [6.45, 7) is 0. The van der Waals surface area contributed by atoms with Gasteiger partial charge in [0.05, 0.1) is 12.2 Å². The van der Waals surface area contributed by atoms with E-state index in [4.69, 9.17) is 5.11 Å². The number of carboxylic acids is 1. The van der Waals surface area contributed by atoms with Crippen LogP contribution in [0.1, 0.15) is 5.56 Å².